The first kappa shape index (κ1) is 18.9. The second kappa shape index (κ2) is 7.80. The molecule has 0 bridgehead atoms. The minimum Gasteiger partial charge on any atom is -0.444 e. The molecule has 1 amide bonds. The third-order valence-corrected chi connectivity index (χ3v) is 5.52. The molecule has 1 aliphatic carbocycles. The van der Waals surface area contributed by atoms with Gasteiger partial charge in [-0.25, -0.2) is 4.79 Å². The van der Waals surface area contributed by atoms with Crippen molar-refractivity contribution in [2.75, 3.05) is 32.8 Å². The number of nitrogens with zero attached hydrogens (tertiary/aromatic N) is 1. The largest absolute Gasteiger partial charge is 0.444 e. The number of hydrogen-bond donors (Lipinski definition) is 1. The van der Waals surface area contributed by atoms with E-state index in [0.29, 0.717) is 12.0 Å². The van der Waals surface area contributed by atoms with Crippen molar-refractivity contribution in [2.45, 2.75) is 76.7 Å². The molecule has 3 aliphatic rings. The molecule has 2 aliphatic heterocycles. The highest BCUT2D eigenvalue weighted by molar-refractivity contribution is 5.68. The van der Waals surface area contributed by atoms with Gasteiger partial charge in [-0.3, -0.25) is 0 Å². The Bertz CT molecular complexity index is 439. The second-order valence-corrected chi connectivity index (χ2v) is 8.70. The summed E-state index contributed by atoms with van der Waals surface area (Å²) in [5.41, 5.74) is -0.416. The average Bonchev–Trinajstić information content (AvgIpc) is 3.02. The molecule has 0 aromatic rings. The van der Waals surface area contributed by atoms with Crippen molar-refractivity contribution < 1.29 is 19.0 Å². The first-order valence-electron chi connectivity index (χ1n) is 9.84. The van der Waals surface area contributed by atoms with Crippen molar-refractivity contribution in [1.29, 1.82) is 0 Å². The van der Waals surface area contributed by atoms with Gasteiger partial charge in [0.1, 0.15) is 5.60 Å². The van der Waals surface area contributed by atoms with Crippen molar-refractivity contribution >= 4 is 6.09 Å². The van der Waals surface area contributed by atoms with Gasteiger partial charge in [0.2, 0.25) is 0 Å². The summed E-state index contributed by atoms with van der Waals surface area (Å²) >= 11 is 0. The van der Waals surface area contributed by atoms with Crippen LogP contribution in [0.3, 0.4) is 0 Å². The molecule has 25 heavy (non-hydrogen) atoms. The average molecular weight is 354 g/mol. The fourth-order valence-electron chi connectivity index (χ4n) is 4.03. The first-order chi connectivity index (χ1) is 11.9. The summed E-state index contributed by atoms with van der Waals surface area (Å²) in [6, 6.07) is 0.572. The number of ether oxygens (including phenoxy) is 3. The van der Waals surface area contributed by atoms with E-state index in [1.54, 1.807) is 0 Å². The van der Waals surface area contributed by atoms with E-state index >= 15 is 0 Å². The molecular weight excluding hydrogens is 320 g/mol. The van der Waals surface area contributed by atoms with Crippen LogP contribution in [0.15, 0.2) is 0 Å². The zero-order chi connectivity index (χ0) is 17.9. The van der Waals surface area contributed by atoms with Crippen LogP contribution in [-0.4, -0.2) is 61.3 Å². The maximum atomic E-state index is 12.1. The number of nitrogens with one attached hydrogen (secondary N) is 1. The first-order valence-corrected chi connectivity index (χ1v) is 9.84. The lowest BCUT2D eigenvalue weighted by atomic mass is 9.89. The highest BCUT2D eigenvalue weighted by atomic mass is 16.7. The molecule has 2 heterocycles. The number of hydrogen-bond acceptors (Lipinski definition) is 5. The predicted molar refractivity (Wildman–Crippen MR) is 95.4 cm³/mol. The molecule has 0 radical (unpaired) electrons. The molecule has 1 saturated carbocycles. The Morgan fingerprint density at radius 3 is 2.28 bits per heavy atom. The maximum Gasteiger partial charge on any atom is 0.410 e. The number of carbonyl (C=O) groups is 1. The molecule has 0 unspecified atom stereocenters. The Balaban J connectivity index is 1.32. The van der Waals surface area contributed by atoms with E-state index in [4.69, 9.17) is 14.2 Å². The fourth-order valence-corrected chi connectivity index (χ4v) is 4.03. The third-order valence-electron chi connectivity index (χ3n) is 5.52. The highest BCUT2D eigenvalue weighted by Gasteiger charge is 2.40. The van der Waals surface area contributed by atoms with Gasteiger partial charge in [-0.2, -0.15) is 0 Å². The lowest BCUT2D eigenvalue weighted by molar-refractivity contribution is -0.179. The van der Waals surface area contributed by atoms with E-state index in [0.717, 1.165) is 71.4 Å². The van der Waals surface area contributed by atoms with Gasteiger partial charge in [-0.15, -0.1) is 0 Å². The van der Waals surface area contributed by atoms with E-state index in [2.05, 4.69) is 5.32 Å². The van der Waals surface area contributed by atoms with Crippen LogP contribution in [-0.2, 0) is 14.2 Å². The molecule has 6 heteroatoms. The number of carbonyl (C=O) groups excluding carboxylic acids is 1. The summed E-state index contributed by atoms with van der Waals surface area (Å²) < 4.78 is 17.0. The molecule has 2 saturated heterocycles. The zero-order valence-corrected chi connectivity index (χ0v) is 16.0. The normalized spacial score (nSPS) is 25.5. The van der Waals surface area contributed by atoms with Crippen molar-refractivity contribution in [3.63, 3.8) is 0 Å². The fraction of sp³-hybridized carbons (Fsp3) is 0.947. The predicted octanol–water partition coefficient (Wildman–Crippen LogP) is 2.91. The Labute approximate surface area is 151 Å². The minimum absolute atomic E-state index is 0.173. The van der Waals surface area contributed by atoms with E-state index in [9.17, 15) is 4.79 Å². The molecule has 6 nitrogen and oxygen atoms in total. The SMILES string of the molecule is CC(C)(C)OC(=O)N1CCC(CNC2CCC3(CC2)OCCO3)CC1. The summed E-state index contributed by atoms with van der Waals surface area (Å²) in [5.74, 6) is 0.380. The van der Waals surface area contributed by atoms with Gasteiger partial charge >= 0.3 is 6.09 Å². The quantitative estimate of drug-likeness (QED) is 0.844. The van der Waals surface area contributed by atoms with Gasteiger partial charge in [-0.05, 0) is 58.9 Å². The van der Waals surface area contributed by atoms with Crippen molar-refractivity contribution in [2.24, 2.45) is 5.92 Å². The smallest absolute Gasteiger partial charge is 0.410 e. The standard InChI is InChI=1S/C19H34N2O4/c1-18(2,3)25-17(22)21-10-6-15(7-11-21)14-20-16-4-8-19(9-5-16)23-12-13-24-19/h15-16,20H,4-14H2,1-3H3. The van der Waals surface area contributed by atoms with Crippen LogP contribution in [0.4, 0.5) is 4.79 Å². The topological polar surface area (TPSA) is 60.0 Å². The van der Waals surface area contributed by atoms with E-state index in [1.807, 2.05) is 25.7 Å². The molecule has 0 aromatic carbocycles. The van der Waals surface area contributed by atoms with E-state index < -0.39 is 5.60 Å². The summed E-state index contributed by atoms with van der Waals surface area (Å²) in [6.07, 6.45) is 6.18. The Hall–Kier alpha value is -0.850. The summed E-state index contributed by atoms with van der Waals surface area (Å²) in [4.78, 5) is 14.0. The minimum atomic E-state index is -0.416. The maximum absolute atomic E-state index is 12.1. The molecule has 144 valence electrons. The molecular formula is C19H34N2O4. The van der Waals surface area contributed by atoms with Gasteiger partial charge in [0, 0.05) is 32.0 Å². The monoisotopic (exact) mass is 354 g/mol. The Morgan fingerprint density at radius 2 is 1.72 bits per heavy atom. The number of amides is 1. The number of likely N-dealkylation sites (tertiary alicyclic amines) is 1. The highest BCUT2D eigenvalue weighted by Crippen LogP contribution is 2.35. The van der Waals surface area contributed by atoms with E-state index in [-0.39, 0.29) is 11.9 Å². The molecule has 3 rings (SSSR count). The zero-order valence-electron chi connectivity index (χ0n) is 16.0. The third kappa shape index (κ3) is 5.31. The van der Waals surface area contributed by atoms with Crippen LogP contribution in [0.25, 0.3) is 0 Å². The molecule has 0 atom stereocenters. The summed E-state index contributed by atoms with van der Waals surface area (Å²) in [7, 11) is 0. The lowest BCUT2D eigenvalue weighted by Crippen LogP contribution is -2.46. The molecule has 3 fully saturated rings. The van der Waals surface area contributed by atoms with Crippen molar-refractivity contribution in [1.82, 2.24) is 10.2 Å². The van der Waals surface area contributed by atoms with Gasteiger partial charge in [0.05, 0.1) is 13.2 Å². The lowest BCUT2D eigenvalue weighted by Gasteiger charge is -2.37. The second-order valence-electron chi connectivity index (χ2n) is 8.70. The van der Waals surface area contributed by atoms with Crippen LogP contribution in [0, 0.1) is 5.92 Å². The summed E-state index contributed by atoms with van der Waals surface area (Å²) in [6.45, 7) is 9.88. The van der Waals surface area contributed by atoms with Gasteiger partial charge < -0.3 is 24.4 Å². The van der Waals surface area contributed by atoms with Crippen LogP contribution in [0.2, 0.25) is 0 Å². The molecule has 0 aromatic heterocycles. The van der Waals surface area contributed by atoms with Crippen molar-refractivity contribution in [3.8, 4) is 0 Å². The van der Waals surface area contributed by atoms with Crippen LogP contribution >= 0.6 is 0 Å². The number of rotatable bonds is 3. The summed E-state index contributed by atoms with van der Waals surface area (Å²) in [5, 5.41) is 3.73. The van der Waals surface area contributed by atoms with Gasteiger partial charge in [0.15, 0.2) is 5.79 Å². The van der Waals surface area contributed by atoms with Crippen LogP contribution in [0.5, 0.6) is 0 Å². The number of piperidine rings is 1. The van der Waals surface area contributed by atoms with Gasteiger partial charge in [-0.1, -0.05) is 0 Å². The van der Waals surface area contributed by atoms with E-state index in [1.165, 1.54) is 0 Å². The molecule has 1 N–H and O–H groups in total. The van der Waals surface area contributed by atoms with Crippen LogP contribution in [0.1, 0.15) is 59.3 Å². The molecule has 1 spiro atoms. The Morgan fingerprint density at radius 1 is 1.12 bits per heavy atom. The van der Waals surface area contributed by atoms with Gasteiger partial charge in [0.25, 0.3) is 0 Å². The van der Waals surface area contributed by atoms with Crippen LogP contribution < -0.4 is 5.32 Å². The Kier molecular flexibility index (Phi) is 5.91. The van der Waals surface area contributed by atoms with Crippen molar-refractivity contribution in [3.05, 3.63) is 0 Å².